The van der Waals surface area contributed by atoms with Gasteiger partial charge in [0.05, 0.1) is 0 Å². The standard InChI is InChI=1S/C14H24/c1-5-9-13(4)11-8-12-14(7-3)10-6-2/h6-7,11H,2,5,8-10,12H2,1,3-4H3/b13-11+,14-7-. The van der Waals surface area contributed by atoms with Crippen LogP contribution in [-0.2, 0) is 0 Å². The molecule has 0 aromatic heterocycles. The molecule has 0 bridgehead atoms. The van der Waals surface area contributed by atoms with Crippen LogP contribution in [0.25, 0.3) is 0 Å². The molecule has 0 saturated heterocycles. The average Bonchev–Trinajstić information content (AvgIpc) is 2.17. The maximum absolute atomic E-state index is 3.76. The molecular weight excluding hydrogens is 168 g/mol. The van der Waals surface area contributed by atoms with Gasteiger partial charge in [-0.25, -0.2) is 0 Å². The van der Waals surface area contributed by atoms with Crippen molar-refractivity contribution in [1.29, 1.82) is 0 Å². The molecule has 0 heteroatoms. The maximum atomic E-state index is 3.76. The molecule has 0 aliphatic rings. The Bertz CT molecular complexity index is 206. The van der Waals surface area contributed by atoms with E-state index in [1.54, 1.807) is 0 Å². The topological polar surface area (TPSA) is 0 Å². The monoisotopic (exact) mass is 192 g/mol. The molecule has 14 heavy (non-hydrogen) atoms. The number of hydrogen-bond donors (Lipinski definition) is 0. The van der Waals surface area contributed by atoms with E-state index in [0.29, 0.717) is 0 Å². The van der Waals surface area contributed by atoms with Crippen molar-refractivity contribution in [3.05, 3.63) is 36.0 Å². The molecule has 80 valence electrons. The molecule has 0 unspecified atom stereocenters. The molecular formula is C14H24. The molecule has 0 amide bonds. The molecule has 0 aliphatic heterocycles. The molecule has 0 spiro atoms. The normalized spacial score (nSPS) is 13.1. The first-order valence-electron chi connectivity index (χ1n) is 5.65. The zero-order chi connectivity index (χ0) is 10.8. The summed E-state index contributed by atoms with van der Waals surface area (Å²) < 4.78 is 0. The van der Waals surface area contributed by atoms with Crippen LogP contribution in [0.15, 0.2) is 36.0 Å². The van der Waals surface area contributed by atoms with E-state index in [1.807, 2.05) is 6.08 Å². The van der Waals surface area contributed by atoms with Gasteiger partial charge in [0.2, 0.25) is 0 Å². The molecule has 0 aromatic carbocycles. The van der Waals surface area contributed by atoms with E-state index in [2.05, 4.69) is 39.5 Å². The van der Waals surface area contributed by atoms with Crippen molar-refractivity contribution in [1.82, 2.24) is 0 Å². The second kappa shape index (κ2) is 8.80. The first kappa shape index (κ1) is 13.2. The number of allylic oxidation sites excluding steroid dienone is 5. The van der Waals surface area contributed by atoms with Crippen LogP contribution in [0.1, 0.15) is 52.9 Å². The highest BCUT2D eigenvalue weighted by atomic mass is 14.0. The fourth-order valence-corrected chi connectivity index (χ4v) is 1.55. The second-order valence-electron chi connectivity index (χ2n) is 3.78. The van der Waals surface area contributed by atoms with E-state index < -0.39 is 0 Å². The van der Waals surface area contributed by atoms with Crippen molar-refractivity contribution >= 4 is 0 Å². The Kier molecular flexibility index (Phi) is 8.31. The molecule has 0 rings (SSSR count). The maximum Gasteiger partial charge on any atom is -0.0142 e. The van der Waals surface area contributed by atoms with E-state index in [4.69, 9.17) is 0 Å². The summed E-state index contributed by atoms with van der Waals surface area (Å²) in [6.45, 7) is 10.3. The van der Waals surface area contributed by atoms with E-state index in [1.165, 1.54) is 36.8 Å². The Morgan fingerprint density at radius 3 is 2.50 bits per heavy atom. The van der Waals surface area contributed by atoms with Gasteiger partial charge in [-0.15, -0.1) is 6.58 Å². The van der Waals surface area contributed by atoms with Crippen molar-refractivity contribution in [3.8, 4) is 0 Å². The van der Waals surface area contributed by atoms with Crippen molar-refractivity contribution in [2.75, 3.05) is 0 Å². The summed E-state index contributed by atoms with van der Waals surface area (Å²) in [6, 6.07) is 0. The van der Waals surface area contributed by atoms with Gasteiger partial charge < -0.3 is 0 Å². The molecule has 0 N–H and O–H groups in total. The average molecular weight is 192 g/mol. The van der Waals surface area contributed by atoms with Crippen LogP contribution >= 0.6 is 0 Å². The molecule has 0 radical (unpaired) electrons. The highest BCUT2D eigenvalue weighted by molar-refractivity contribution is 5.07. The third-order valence-corrected chi connectivity index (χ3v) is 2.42. The van der Waals surface area contributed by atoms with E-state index >= 15 is 0 Å². The lowest BCUT2D eigenvalue weighted by Gasteiger charge is -2.02. The third-order valence-electron chi connectivity index (χ3n) is 2.42. The number of hydrogen-bond acceptors (Lipinski definition) is 0. The second-order valence-corrected chi connectivity index (χ2v) is 3.78. The predicted molar refractivity (Wildman–Crippen MR) is 66.5 cm³/mol. The minimum atomic E-state index is 1.04. The number of rotatable bonds is 7. The summed E-state index contributed by atoms with van der Waals surface area (Å²) in [5.41, 5.74) is 3.03. The van der Waals surface area contributed by atoms with Gasteiger partial charge in [-0.05, 0) is 39.5 Å². The lowest BCUT2D eigenvalue weighted by molar-refractivity contribution is 0.874. The highest BCUT2D eigenvalue weighted by Gasteiger charge is 1.92. The molecule has 0 nitrogen and oxygen atoms in total. The molecule has 0 atom stereocenters. The largest absolute Gasteiger partial charge is 0.103 e. The molecule has 0 fully saturated rings. The van der Waals surface area contributed by atoms with Gasteiger partial charge in [0.25, 0.3) is 0 Å². The Balaban J connectivity index is 3.81. The van der Waals surface area contributed by atoms with Crippen LogP contribution in [0, 0.1) is 0 Å². The van der Waals surface area contributed by atoms with Crippen molar-refractivity contribution in [2.24, 2.45) is 0 Å². The summed E-state index contributed by atoms with van der Waals surface area (Å²) >= 11 is 0. The fraction of sp³-hybridized carbons (Fsp3) is 0.571. The minimum absolute atomic E-state index is 1.04. The summed E-state index contributed by atoms with van der Waals surface area (Å²) in [6.07, 6.45) is 12.5. The molecule has 0 heterocycles. The van der Waals surface area contributed by atoms with Crippen LogP contribution < -0.4 is 0 Å². The molecule has 0 saturated carbocycles. The molecule has 0 aliphatic carbocycles. The smallest absolute Gasteiger partial charge is 0.0142 e. The lowest BCUT2D eigenvalue weighted by atomic mass is 10.0. The zero-order valence-electron chi connectivity index (χ0n) is 9.97. The van der Waals surface area contributed by atoms with Gasteiger partial charge in [0.15, 0.2) is 0 Å². The van der Waals surface area contributed by atoms with Gasteiger partial charge in [-0.2, -0.15) is 0 Å². The first-order valence-corrected chi connectivity index (χ1v) is 5.65. The van der Waals surface area contributed by atoms with E-state index in [0.717, 1.165) is 6.42 Å². The van der Waals surface area contributed by atoms with Crippen LogP contribution in [0.3, 0.4) is 0 Å². The predicted octanol–water partition coefficient (Wildman–Crippen LogP) is 5.04. The van der Waals surface area contributed by atoms with Gasteiger partial charge in [0, 0.05) is 0 Å². The zero-order valence-corrected chi connectivity index (χ0v) is 9.97. The van der Waals surface area contributed by atoms with Crippen molar-refractivity contribution in [2.45, 2.75) is 52.9 Å². The summed E-state index contributed by atoms with van der Waals surface area (Å²) in [5.74, 6) is 0. The van der Waals surface area contributed by atoms with Gasteiger partial charge in [-0.1, -0.05) is 42.7 Å². The van der Waals surface area contributed by atoms with Crippen LogP contribution in [0.4, 0.5) is 0 Å². The van der Waals surface area contributed by atoms with Gasteiger partial charge in [-0.3, -0.25) is 0 Å². The van der Waals surface area contributed by atoms with Crippen LogP contribution in [-0.4, -0.2) is 0 Å². The SMILES string of the molecule is C=CC/C(=C/C)CC/C=C(\C)CCC. The molecule has 0 aromatic rings. The van der Waals surface area contributed by atoms with Crippen molar-refractivity contribution in [3.63, 3.8) is 0 Å². The Morgan fingerprint density at radius 1 is 1.29 bits per heavy atom. The Morgan fingerprint density at radius 2 is 2.00 bits per heavy atom. The summed E-state index contributed by atoms with van der Waals surface area (Å²) in [5, 5.41) is 0. The third kappa shape index (κ3) is 6.71. The van der Waals surface area contributed by atoms with Gasteiger partial charge >= 0.3 is 0 Å². The fourth-order valence-electron chi connectivity index (χ4n) is 1.55. The lowest BCUT2D eigenvalue weighted by Crippen LogP contribution is -1.82. The quantitative estimate of drug-likeness (QED) is 0.496. The Labute approximate surface area is 89.4 Å². The highest BCUT2D eigenvalue weighted by Crippen LogP contribution is 2.13. The van der Waals surface area contributed by atoms with E-state index in [-0.39, 0.29) is 0 Å². The minimum Gasteiger partial charge on any atom is -0.103 e. The van der Waals surface area contributed by atoms with Crippen LogP contribution in [0.5, 0.6) is 0 Å². The summed E-state index contributed by atoms with van der Waals surface area (Å²) in [7, 11) is 0. The van der Waals surface area contributed by atoms with Crippen molar-refractivity contribution < 1.29 is 0 Å². The Hall–Kier alpha value is -0.780. The van der Waals surface area contributed by atoms with Gasteiger partial charge in [0.1, 0.15) is 0 Å². The summed E-state index contributed by atoms with van der Waals surface area (Å²) in [4.78, 5) is 0. The first-order chi connectivity index (χ1) is 6.74. The van der Waals surface area contributed by atoms with E-state index in [9.17, 15) is 0 Å². The van der Waals surface area contributed by atoms with Crippen LogP contribution in [0.2, 0.25) is 0 Å².